The Hall–Kier alpha value is -4.10. The summed E-state index contributed by atoms with van der Waals surface area (Å²) in [6.07, 6.45) is 0.897. The third kappa shape index (κ3) is 4.65. The Kier molecular flexibility index (Phi) is 6.65. The Morgan fingerprint density at radius 3 is 2.71 bits per heavy atom. The first-order valence-corrected chi connectivity index (χ1v) is 10.5. The van der Waals surface area contributed by atoms with Crippen molar-refractivity contribution in [3.05, 3.63) is 75.5 Å². The van der Waals surface area contributed by atoms with Gasteiger partial charge in [-0.15, -0.1) is 10.2 Å². The molecule has 0 aromatic carbocycles. The van der Waals surface area contributed by atoms with Crippen LogP contribution in [0.1, 0.15) is 28.0 Å². The van der Waals surface area contributed by atoms with Crippen LogP contribution < -0.4 is 15.6 Å². The maximum atomic E-state index is 13.4. The Labute approximate surface area is 194 Å². The van der Waals surface area contributed by atoms with E-state index in [4.69, 9.17) is 4.74 Å². The van der Waals surface area contributed by atoms with E-state index in [-0.39, 0.29) is 40.0 Å². The lowest BCUT2D eigenvalue weighted by Gasteiger charge is -2.15. The van der Waals surface area contributed by atoms with Gasteiger partial charge in [-0.2, -0.15) is 0 Å². The Bertz CT molecular complexity index is 1390. The first kappa shape index (κ1) is 23.1. The zero-order chi connectivity index (χ0) is 24.2. The third-order valence-corrected chi connectivity index (χ3v) is 5.36. The van der Waals surface area contributed by atoms with Crippen LogP contribution in [0.15, 0.2) is 53.2 Å². The molecular formula is C21H16F2N6O4S. The number of aromatic nitrogens is 5. The molecule has 4 aromatic rings. The largest absolute Gasteiger partial charge is 0.494 e. The van der Waals surface area contributed by atoms with Crippen molar-refractivity contribution in [1.82, 2.24) is 24.7 Å². The SMILES string of the molecule is COc1cnc(C(F)F)cc1-c1cc(-n2ccc(CO)cc2=O)ncc1C(=O)Nc1nncs1. The van der Waals surface area contributed by atoms with E-state index in [1.807, 2.05) is 0 Å². The molecule has 4 rings (SSSR count). The van der Waals surface area contributed by atoms with Crippen LogP contribution in [0.4, 0.5) is 13.9 Å². The second kappa shape index (κ2) is 9.80. The Balaban J connectivity index is 1.91. The summed E-state index contributed by atoms with van der Waals surface area (Å²) in [6, 6.07) is 5.28. The van der Waals surface area contributed by atoms with Crippen LogP contribution in [-0.4, -0.2) is 42.9 Å². The van der Waals surface area contributed by atoms with Crippen molar-refractivity contribution in [2.24, 2.45) is 0 Å². The van der Waals surface area contributed by atoms with Crippen molar-refractivity contribution in [2.45, 2.75) is 13.0 Å². The highest BCUT2D eigenvalue weighted by molar-refractivity contribution is 7.13. The lowest BCUT2D eigenvalue weighted by atomic mass is 10.00. The number of amides is 1. The van der Waals surface area contributed by atoms with E-state index in [1.54, 1.807) is 0 Å². The molecule has 4 aromatic heterocycles. The molecule has 34 heavy (non-hydrogen) atoms. The molecule has 2 N–H and O–H groups in total. The molecule has 13 heteroatoms. The van der Waals surface area contributed by atoms with Crippen molar-refractivity contribution in [1.29, 1.82) is 0 Å². The summed E-state index contributed by atoms with van der Waals surface area (Å²) in [7, 11) is 1.34. The molecular weight excluding hydrogens is 470 g/mol. The number of methoxy groups -OCH3 is 1. The fourth-order valence-electron chi connectivity index (χ4n) is 3.13. The number of aliphatic hydroxyl groups excluding tert-OH is 1. The number of carbonyl (C=O) groups is 1. The van der Waals surface area contributed by atoms with E-state index in [2.05, 4.69) is 25.5 Å². The molecule has 0 aliphatic heterocycles. The second-order valence-electron chi connectivity index (χ2n) is 6.80. The number of carbonyl (C=O) groups excluding carboxylic acids is 1. The summed E-state index contributed by atoms with van der Waals surface area (Å²) in [6.45, 7) is -0.315. The van der Waals surface area contributed by atoms with E-state index in [9.17, 15) is 23.5 Å². The van der Waals surface area contributed by atoms with Gasteiger partial charge in [0.05, 0.1) is 25.5 Å². The van der Waals surface area contributed by atoms with Crippen molar-refractivity contribution in [3.63, 3.8) is 0 Å². The van der Waals surface area contributed by atoms with Crippen molar-refractivity contribution >= 4 is 22.4 Å². The minimum Gasteiger partial charge on any atom is -0.494 e. The zero-order valence-corrected chi connectivity index (χ0v) is 18.3. The predicted molar refractivity (Wildman–Crippen MR) is 118 cm³/mol. The summed E-state index contributed by atoms with van der Waals surface area (Å²) < 4.78 is 33.3. The van der Waals surface area contributed by atoms with Crippen LogP contribution in [0, 0.1) is 0 Å². The van der Waals surface area contributed by atoms with Gasteiger partial charge in [0.2, 0.25) is 5.13 Å². The number of hydrogen-bond acceptors (Lipinski definition) is 9. The third-order valence-electron chi connectivity index (χ3n) is 4.75. The monoisotopic (exact) mass is 486 g/mol. The van der Waals surface area contributed by atoms with Crippen molar-refractivity contribution in [2.75, 3.05) is 12.4 Å². The number of pyridine rings is 3. The lowest BCUT2D eigenvalue weighted by molar-refractivity contribution is 0.102. The molecule has 10 nitrogen and oxygen atoms in total. The zero-order valence-electron chi connectivity index (χ0n) is 17.5. The van der Waals surface area contributed by atoms with Gasteiger partial charge in [0.15, 0.2) is 0 Å². The molecule has 0 spiro atoms. The molecule has 174 valence electrons. The normalized spacial score (nSPS) is 11.0. The highest BCUT2D eigenvalue weighted by Crippen LogP contribution is 2.35. The molecule has 0 aliphatic carbocycles. The maximum Gasteiger partial charge on any atom is 0.280 e. The van der Waals surface area contributed by atoms with Crippen LogP contribution >= 0.6 is 11.3 Å². The number of alkyl halides is 2. The van der Waals surface area contributed by atoms with Gasteiger partial charge in [-0.05, 0) is 23.8 Å². The number of halogens is 2. The fraction of sp³-hybridized carbons (Fsp3) is 0.143. The molecule has 0 radical (unpaired) electrons. The quantitative estimate of drug-likeness (QED) is 0.408. The maximum absolute atomic E-state index is 13.4. The molecule has 4 heterocycles. The average molecular weight is 486 g/mol. The Morgan fingerprint density at radius 1 is 1.24 bits per heavy atom. The van der Waals surface area contributed by atoms with Gasteiger partial charge in [-0.25, -0.2) is 13.8 Å². The van der Waals surface area contributed by atoms with Crippen molar-refractivity contribution in [3.8, 4) is 22.7 Å². The number of nitrogens with zero attached hydrogens (tertiary/aromatic N) is 5. The number of anilines is 1. The minimum absolute atomic E-state index is 0.0173. The summed E-state index contributed by atoms with van der Waals surface area (Å²) in [5.41, 5.74) is 1.18. The van der Waals surface area contributed by atoms with Crippen LogP contribution in [0.5, 0.6) is 5.75 Å². The van der Waals surface area contributed by atoms with Crippen LogP contribution in [0.2, 0.25) is 0 Å². The summed E-state index contributed by atoms with van der Waals surface area (Å²) in [5.74, 6) is -0.366. The van der Waals surface area contributed by atoms with Crippen LogP contribution in [0.25, 0.3) is 16.9 Å². The smallest absolute Gasteiger partial charge is 0.280 e. The Morgan fingerprint density at radius 2 is 2.06 bits per heavy atom. The summed E-state index contributed by atoms with van der Waals surface area (Å²) in [4.78, 5) is 33.5. The molecule has 1 amide bonds. The highest BCUT2D eigenvalue weighted by Gasteiger charge is 2.22. The van der Waals surface area contributed by atoms with E-state index in [1.165, 1.54) is 47.8 Å². The topological polar surface area (TPSA) is 132 Å². The minimum atomic E-state index is -2.86. The standard InChI is InChI=1S/C21H16F2N6O4S/c1-33-16-8-24-15(19(22)23)5-13(16)12-6-17(29-3-2-11(9-30)4-18(29)31)25-7-14(12)20(32)27-21-28-26-10-34-21/h2-8,10,19,30H,9H2,1H3,(H,27,28,32). The van der Waals surface area contributed by atoms with Gasteiger partial charge in [0.25, 0.3) is 17.9 Å². The predicted octanol–water partition coefficient (Wildman–Crippen LogP) is 2.84. The fourth-order valence-corrected chi connectivity index (χ4v) is 3.57. The first-order valence-electron chi connectivity index (χ1n) is 9.64. The molecule has 0 fully saturated rings. The molecule has 0 aliphatic rings. The number of nitrogens with one attached hydrogen (secondary N) is 1. The molecule has 0 saturated carbocycles. The van der Waals surface area contributed by atoms with E-state index in [0.29, 0.717) is 5.56 Å². The van der Waals surface area contributed by atoms with Gasteiger partial charge in [0.1, 0.15) is 22.8 Å². The van der Waals surface area contributed by atoms with Gasteiger partial charge >= 0.3 is 0 Å². The average Bonchev–Trinajstić information content (AvgIpc) is 3.36. The highest BCUT2D eigenvalue weighted by atomic mass is 32.1. The van der Waals surface area contributed by atoms with E-state index in [0.717, 1.165) is 23.6 Å². The van der Waals surface area contributed by atoms with Crippen molar-refractivity contribution < 1.29 is 23.4 Å². The van der Waals surface area contributed by atoms with Gasteiger partial charge in [-0.1, -0.05) is 11.3 Å². The second-order valence-corrected chi connectivity index (χ2v) is 7.63. The first-order chi connectivity index (χ1) is 16.4. The molecule has 0 saturated heterocycles. The number of ether oxygens (including phenoxy) is 1. The molecule has 0 unspecified atom stereocenters. The summed E-state index contributed by atoms with van der Waals surface area (Å²) in [5, 5.41) is 19.5. The van der Waals surface area contributed by atoms with Gasteiger partial charge in [0, 0.05) is 29.6 Å². The van der Waals surface area contributed by atoms with Crippen LogP contribution in [-0.2, 0) is 6.61 Å². The lowest BCUT2D eigenvalue weighted by Crippen LogP contribution is -2.20. The number of aliphatic hydroxyl groups is 1. The van der Waals surface area contributed by atoms with Crippen LogP contribution in [0.3, 0.4) is 0 Å². The van der Waals surface area contributed by atoms with E-state index < -0.39 is 23.6 Å². The summed E-state index contributed by atoms with van der Waals surface area (Å²) >= 11 is 1.09. The van der Waals surface area contributed by atoms with E-state index >= 15 is 0 Å². The van der Waals surface area contributed by atoms with Gasteiger partial charge in [-0.3, -0.25) is 24.5 Å². The number of hydrogen-bond donors (Lipinski definition) is 2. The molecule has 0 bridgehead atoms. The van der Waals surface area contributed by atoms with Gasteiger partial charge < -0.3 is 9.84 Å². The molecule has 0 atom stereocenters. The number of rotatable bonds is 7.